The summed E-state index contributed by atoms with van der Waals surface area (Å²) < 4.78 is 18.7. The molecule has 24 heavy (non-hydrogen) atoms. The number of carbonyl (C=O) groups excluding carboxylic acids is 1. The van der Waals surface area contributed by atoms with Gasteiger partial charge in [0.25, 0.3) is 0 Å². The predicted octanol–water partition coefficient (Wildman–Crippen LogP) is 3.98. The van der Waals surface area contributed by atoms with Crippen LogP contribution in [0, 0.1) is 11.7 Å². The molecule has 6 heteroatoms. The highest BCUT2D eigenvalue weighted by Gasteiger charge is 2.20. The number of piperidine rings is 1. The van der Waals surface area contributed by atoms with E-state index in [1.165, 1.54) is 12.1 Å². The van der Waals surface area contributed by atoms with E-state index in [-0.39, 0.29) is 30.0 Å². The van der Waals surface area contributed by atoms with Crippen LogP contribution in [0.4, 0.5) is 10.1 Å². The molecular formula is C18H20ClFN2O2. The molecule has 128 valence electrons. The Morgan fingerprint density at radius 2 is 1.96 bits per heavy atom. The molecule has 0 saturated carbocycles. The SMILES string of the molecule is Cl.O=C(Nc1ccc(Oc2cccc(F)c2)cc1)C1CCCNC1. The molecule has 1 aliphatic heterocycles. The van der Waals surface area contributed by atoms with Crippen LogP contribution in [0.15, 0.2) is 48.5 Å². The third-order valence-corrected chi connectivity index (χ3v) is 3.82. The van der Waals surface area contributed by atoms with Crippen molar-refractivity contribution in [1.82, 2.24) is 5.32 Å². The number of carbonyl (C=O) groups is 1. The second kappa shape index (κ2) is 8.66. The molecule has 2 aromatic rings. The molecule has 0 aromatic heterocycles. The number of anilines is 1. The van der Waals surface area contributed by atoms with Crippen LogP contribution in [0.3, 0.4) is 0 Å². The number of benzene rings is 2. The van der Waals surface area contributed by atoms with Crippen molar-refractivity contribution in [1.29, 1.82) is 0 Å². The molecule has 1 saturated heterocycles. The Balaban J connectivity index is 0.00000208. The molecule has 1 fully saturated rings. The lowest BCUT2D eigenvalue weighted by Crippen LogP contribution is -2.37. The maximum absolute atomic E-state index is 13.1. The van der Waals surface area contributed by atoms with Gasteiger partial charge in [-0.05, 0) is 55.8 Å². The monoisotopic (exact) mass is 350 g/mol. The molecule has 0 aliphatic carbocycles. The molecular weight excluding hydrogens is 331 g/mol. The molecule has 3 rings (SSSR count). The summed E-state index contributed by atoms with van der Waals surface area (Å²) in [5.74, 6) is 0.749. The minimum atomic E-state index is -0.340. The van der Waals surface area contributed by atoms with Gasteiger partial charge in [-0.15, -0.1) is 12.4 Å². The number of hydrogen-bond acceptors (Lipinski definition) is 3. The lowest BCUT2D eigenvalue weighted by molar-refractivity contribution is -0.120. The smallest absolute Gasteiger partial charge is 0.228 e. The quantitative estimate of drug-likeness (QED) is 0.877. The Labute approximate surface area is 146 Å². The van der Waals surface area contributed by atoms with Gasteiger partial charge >= 0.3 is 0 Å². The van der Waals surface area contributed by atoms with Gasteiger partial charge in [0.2, 0.25) is 5.91 Å². The molecule has 1 atom stereocenters. The van der Waals surface area contributed by atoms with E-state index in [9.17, 15) is 9.18 Å². The summed E-state index contributed by atoms with van der Waals surface area (Å²) in [5, 5.41) is 6.15. The summed E-state index contributed by atoms with van der Waals surface area (Å²) in [6.45, 7) is 1.71. The highest BCUT2D eigenvalue weighted by molar-refractivity contribution is 5.92. The number of halogens is 2. The van der Waals surface area contributed by atoms with E-state index < -0.39 is 0 Å². The van der Waals surface area contributed by atoms with Crippen LogP contribution in [0.5, 0.6) is 11.5 Å². The Morgan fingerprint density at radius 3 is 2.62 bits per heavy atom. The van der Waals surface area contributed by atoms with Crippen LogP contribution in [-0.4, -0.2) is 19.0 Å². The van der Waals surface area contributed by atoms with Crippen molar-refractivity contribution < 1.29 is 13.9 Å². The van der Waals surface area contributed by atoms with E-state index in [0.29, 0.717) is 11.5 Å². The minimum Gasteiger partial charge on any atom is -0.457 e. The fourth-order valence-electron chi connectivity index (χ4n) is 2.59. The fraction of sp³-hybridized carbons (Fsp3) is 0.278. The van der Waals surface area contributed by atoms with E-state index in [1.807, 2.05) is 0 Å². The van der Waals surface area contributed by atoms with Gasteiger partial charge < -0.3 is 15.4 Å². The second-order valence-electron chi connectivity index (χ2n) is 5.62. The van der Waals surface area contributed by atoms with Gasteiger partial charge in [-0.25, -0.2) is 4.39 Å². The van der Waals surface area contributed by atoms with E-state index in [0.717, 1.165) is 31.6 Å². The molecule has 0 bridgehead atoms. The summed E-state index contributed by atoms with van der Waals surface area (Å²) >= 11 is 0. The van der Waals surface area contributed by atoms with Gasteiger partial charge in [-0.2, -0.15) is 0 Å². The number of hydrogen-bond donors (Lipinski definition) is 2. The molecule has 0 spiro atoms. The lowest BCUT2D eigenvalue weighted by atomic mass is 9.99. The first-order valence-electron chi connectivity index (χ1n) is 7.76. The van der Waals surface area contributed by atoms with Crippen molar-refractivity contribution in [3.05, 3.63) is 54.3 Å². The third kappa shape index (κ3) is 4.94. The molecule has 0 radical (unpaired) electrons. The zero-order valence-electron chi connectivity index (χ0n) is 13.1. The topological polar surface area (TPSA) is 50.4 Å². The van der Waals surface area contributed by atoms with E-state index in [4.69, 9.17) is 4.74 Å². The van der Waals surface area contributed by atoms with Crippen molar-refractivity contribution in [3.63, 3.8) is 0 Å². The highest BCUT2D eigenvalue weighted by atomic mass is 35.5. The molecule has 1 unspecified atom stereocenters. The average Bonchev–Trinajstić information content (AvgIpc) is 2.57. The van der Waals surface area contributed by atoms with E-state index >= 15 is 0 Å². The van der Waals surface area contributed by atoms with E-state index in [2.05, 4.69) is 10.6 Å². The molecule has 1 aliphatic rings. The van der Waals surface area contributed by atoms with Crippen LogP contribution in [-0.2, 0) is 4.79 Å². The first-order chi connectivity index (χ1) is 11.2. The first kappa shape index (κ1) is 18.2. The number of nitrogens with one attached hydrogen (secondary N) is 2. The van der Waals surface area contributed by atoms with Gasteiger partial charge in [-0.1, -0.05) is 6.07 Å². The summed E-state index contributed by atoms with van der Waals surface area (Å²) in [5.41, 5.74) is 0.729. The van der Waals surface area contributed by atoms with Crippen LogP contribution in [0.2, 0.25) is 0 Å². The first-order valence-corrected chi connectivity index (χ1v) is 7.76. The standard InChI is InChI=1S/C18H19FN2O2.ClH/c19-14-4-1-5-17(11-14)23-16-8-6-15(7-9-16)21-18(22)13-3-2-10-20-12-13;/h1,4-9,11,13,20H,2-3,10,12H2,(H,21,22);1H. The predicted molar refractivity (Wildman–Crippen MR) is 94.4 cm³/mol. The van der Waals surface area contributed by atoms with Crippen LogP contribution < -0.4 is 15.4 Å². The molecule has 2 N–H and O–H groups in total. The Hall–Kier alpha value is -2.11. The molecule has 2 aromatic carbocycles. The fourth-order valence-corrected chi connectivity index (χ4v) is 2.59. The second-order valence-corrected chi connectivity index (χ2v) is 5.62. The van der Waals surface area contributed by atoms with Crippen molar-refractivity contribution in [2.24, 2.45) is 5.92 Å². The summed E-state index contributed by atoms with van der Waals surface area (Å²) in [6, 6.07) is 13.0. The average molecular weight is 351 g/mol. The lowest BCUT2D eigenvalue weighted by Gasteiger charge is -2.21. The number of amides is 1. The molecule has 4 nitrogen and oxygen atoms in total. The zero-order valence-corrected chi connectivity index (χ0v) is 13.9. The van der Waals surface area contributed by atoms with Crippen molar-refractivity contribution >= 4 is 24.0 Å². The highest BCUT2D eigenvalue weighted by Crippen LogP contribution is 2.24. The third-order valence-electron chi connectivity index (χ3n) is 3.82. The maximum Gasteiger partial charge on any atom is 0.228 e. The van der Waals surface area contributed by atoms with Gasteiger partial charge in [0.1, 0.15) is 17.3 Å². The van der Waals surface area contributed by atoms with Crippen LogP contribution >= 0.6 is 12.4 Å². The zero-order chi connectivity index (χ0) is 16.1. The van der Waals surface area contributed by atoms with E-state index in [1.54, 1.807) is 36.4 Å². The largest absolute Gasteiger partial charge is 0.457 e. The molecule has 1 amide bonds. The van der Waals surface area contributed by atoms with Gasteiger partial charge in [0.05, 0.1) is 5.92 Å². The van der Waals surface area contributed by atoms with Gasteiger partial charge in [-0.3, -0.25) is 4.79 Å². The van der Waals surface area contributed by atoms with Crippen molar-refractivity contribution in [3.8, 4) is 11.5 Å². The van der Waals surface area contributed by atoms with Crippen molar-refractivity contribution in [2.45, 2.75) is 12.8 Å². The van der Waals surface area contributed by atoms with Gasteiger partial charge in [0, 0.05) is 18.3 Å². The number of rotatable bonds is 4. The summed E-state index contributed by atoms with van der Waals surface area (Å²) in [4.78, 5) is 12.2. The summed E-state index contributed by atoms with van der Waals surface area (Å²) in [7, 11) is 0. The Kier molecular flexibility index (Phi) is 6.58. The summed E-state index contributed by atoms with van der Waals surface area (Å²) in [6.07, 6.45) is 1.94. The minimum absolute atomic E-state index is 0. The van der Waals surface area contributed by atoms with Crippen LogP contribution in [0.1, 0.15) is 12.8 Å². The van der Waals surface area contributed by atoms with Crippen molar-refractivity contribution in [2.75, 3.05) is 18.4 Å². The Bertz CT molecular complexity index is 673. The maximum atomic E-state index is 13.1. The molecule has 1 heterocycles. The normalized spacial score (nSPS) is 16.8. The Morgan fingerprint density at radius 1 is 1.17 bits per heavy atom. The van der Waals surface area contributed by atoms with Gasteiger partial charge in [0.15, 0.2) is 0 Å². The number of ether oxygens (including phenoxy) is 1. The van der Waals surface area contributed by atoms with Crippen LogP contribution in [0.25, 0.3) is 0 Å².